The molecule has 24 heavy (non-hydrogen) atoms. The minimum Gasteiger partial charge on any atom is -0.339 e. The van der Waals surface area contributed by atoms with Gasteiger partial charge in [-0.3, -0.25) is 0 Å². The average Bonchev–Trinajstić information content (AvgIpc) is 2.63. The highest BCUT2D eigenvalue weighted by molar-refractivity contribution is 7.99. The Hall–Kier alpha value is -1.45. The number of piperidine rings is 1. The highest BCUT2D eigenvalue weighted by Gasteiger charge is 2.26. The summed E-state index contributed by atoms with van der Waals surface area (Å²) in [5, 5.41) is 0. The zero-order valence-corrected chi connectivity index (χ0v) is 15.9. The second-order valence-corrected chi connectivity index (χ2v) is 7.50. The lowest BCUT2D eigenvalue weighted by atomic mass is 9.97. The molecule has 2 heterocycles. The minimum atomic E-state index is 0.753. The van der Waals surface area contributed by atoms with E-state index < -0.39 is 0 Å². The van der Waals surface area contributed by atoms with E-state index in [0.29, 0.717) is 0 Å². The molecule has 1 atom stereocenters. The third kappa shape index (κ3) is 3.62. The summed E-state index contributed by atoms with van der Waals surface area (Å²) in [5.74, 6) is 0.753. The molecule has 0 saturated carbocycles. The van der Waals surface area contributed by atoms with Gasteiger partial charge in [0.25, 0.3) is 0 Å². The average molecular weight is 341 g/mol. The van der Waals surface area contributed by atoms with Gasteiger partial charge in [0.1, 0.15) is 0 Å². The molecule has 2 aromatic rings. The molecule has 3 heteroatoms. The number of hydrogen-bond donors (Lipinski definition) is 0. The van der Waals surface area contributed by atoms with E-state index in [2.05, 4.69) is 65.4 Å². The van der Waals surface area contributed by atoms with Gasteiger partial charge in [0.2, 0.25) is 0 Å². The van der Waals surface area contributed by atoms with Gasteiger partial charge >= 0.3 is 0 Å². The standard InChI is InChI=1S/C19H22N2S.C2H6/c1-20-12-6-7-15(13-20)14-21-16-8-2-4-10-18(16)22-19-11-5-3-9-17(19)21;1-2/h2-5,8-11,15H,6-7,12-14H2,1H3;1-2H3. The summed E-state index contributed by atoms with van der Waals surface area (Å²) >= 11 is 1.90. The SMILES string of the molecule is CC.CN1CCCC(CN2c3ccccc3Sc3ccccc32)C1. The van der Waals surface area contributed by atoms with Crippen LogP contribution in [0, 0.1) is 5.92 Å². The Morgan fingerprint density at radius 1 is 0.958 bits per heavy atom. The van der Waals surface area contributed by atoms with Crippen LogP contribution in [0.4, 0.5) is 11.4 Å². The van der Waals surface area contributed by atoms with E-state index in [-0.39, 0.29) is 0 Å². The molecule has 0 spiro atoms. The molecule has 0 amide bonds. The van der Waals surface area contributed by atoms with Crippen LogP contribution in [0.25, 0.3) is 0 Å². The van der Waals surface area contributed by atoms with Crippen LogP contribution in [-0.4, -0.2) is 31.6 Å². The topological polar surface area (TPSA) is 6.48 Å². The molecule has 2 aromatic carbocycles. The normalized spacial score (nSPS) is 19.8. The van der Waals surface area contributed by atoms with Crippen molar-refractivity contribution in [3.05, 3.63) is 48.5 Å². The van der Waals surface area contributed by atoms with Gasteiger partial charge in [-0.05, 0) is 56.6 Å². The maximum atomic E-state index is 2.55. The molecule has 2 aliphatic heterocycles. The Balaban J connectivity index is 0.000000815. The quantitative estimate of drug-likeness (QED) is 0.697. The van der Waals surface area contributed by atoms with Gasteiger partial charge < -0.3 is 9.80 Å². The lowest BCUT2D eigenvalue weighted by Gasteiger charge is -2.38. The Morgan fingerprint density at radius 2 is 1.54 bits per heavy atom. The zero-order chi connectivity index (χ0) is 16.9. The van der Waals surface area contributed by atoms with Crippen molar-refractivity contribution in [2.24, 2.45) is 5.92 Å². The summed E-state index contributed by atoms with van der Waals surface area (Å²) in [4.78, 5) is 7.78. The largest absolute Gasteiger partial charge is 0.339 e. The van der Waals surface area contributed by atoms with Crippen molar-refractivity contribution in [3.63, 3.8) is 0 Å². The van der Waals surface area contributed by atoms with E-state index in [1.165, 1.54) is 47.1 Å². The van der Waals surface area contributed by atoms with Gasteiger partial charge in [-0.1, -0.05) is 49.9 Å². The van der Waals surface area contributed by atoms with E-state index in [9.17, 15) is 0 Å². The van der Waals surface area contributed by atoms with Crippen LogP contribution in [0.2, 0.25) is 0 Å². The van der Waals surface area contributed by atoms with Crippen molar-refractivity contribution in [2.45, 2.75) is 36.5 Å². The molecule has 2 nitrogen and oxygen atoms in total. The van der Waals surface area contributed by atoms with E-state index in [4.69, 9.17) is 0 Å². The summed E-state index contributed by atoms with van der Waals surface area (Å²) in [5.41, 5.74) is 2.75. The lowest BCUT2D eigenvalue weighted by Crippen LogP contribution is -2.38. The Kier molecular flexibility index (Phi) is 5.85. The number of para-hydroxylation sites is 2. The first kappa shape index (κ1) is 17.4. The summed E-state index contributed by atoms with van der Waals surface area (Å²) in [6, 6.07) is 17.6. The van der Waals surface area contributed by atoms with Gasteiger partial charge in [-0.15, -0.1) is 0 Å². The van der Waals surface area contributed by atoms with Crippen molar-refractivity contribution in [2.75, 3.05) is 31.6 Å². The fraction of sp³-hybridized carbons (Fsp3) is 0.429. The van der Waals surface area contributed by atoms with Crippen LogP contribution in [-0.2, 0) is 0 Å². The fourth-order valence-corrected chi connectivity index (χ4v) is 4.75. The minimum absolute atomic E-state index is 0.753. The molecule has 2 aliphatic rings. The summed E-state index contributed by atoms with van der Waals surface area (Å²) in [6.07, 6.45) is 2.67. The number of nitrogens with zero attached hydrogens (tertiary/aromatic N) is 2. The van der Waals surface area contributed by atoms with Gasteiger partial charge in [-0.25, -0.2) is 0 Å². The fourth-order valence-electron chi connectivity index (χ4n) is 3.66. The van der Waals surface area contributed by atoms with E-state index in [1.807, 2.05) is 25.6 Å². The number of fused-ring (bicyclic) bond motifs is 2. The molecule has 0 aromatic heterocycles. The third-order valence-electron chi connectivity index (χ3n) is 4.69. The summed E-state index contributed by atoms with van der Waals surface area (Å²) in [6.45, 7) is 7.59. The predicted octanol–water partition coefficient (Wildman–Crippen LogP) is 5.66. The highest BCUT2D eigenvalue weighted by Crippen LogP contribution is 2.48. The summed E-state index contributed by atoms with van der Waals surface area (Å²) in [7, 11) is 2.25. The second-order valence-electron chi connectivity index (χ2n) is 6.42. The molecule has 1 unspecified atom stereocenters. The van der Waals surface area contributed by atoms with Crippen molar-refractivity contribution < 1.29 is 0 Å². The monoisotopic (exact) mass is 340 g/mol. The first-order valence-corrected chi connectivity index (χ1v) is 9.95. The first-order chi connectivity index (χ1) is 11.8. The molecule has 4 rings (SSSR count). The van der Waals surface area contributed by atoms with Gasteiger partial charge in [0.15, 0.2) is 0 Å². The molecular formula is C21H28N2S. The molecular weight excluding hydrogens is 312 g/mol. The maximum Gasteiger partial charge on any atom is 0.0552 e. The van der Waals surface area contributed by atoms with Crippen LogP contribution < -0.4 is 4.90 Å². The second kappa shape index (κ2) is 8.09. The van der Waals surface area contributed by atoms with Crippen molar-refractivity contribution in [1.29, 1.82) is 0 Å². The van der Waals surface area contributed by atoms with Gasteiger partial charge in [0, 0.05) is 22.9 Å². The van der Waals surface area contributed by atoms with Crippen molar-refractivity contribution >= 4 is 23.1 Å². The van der Waals surface area contributed by atoms with Crippen molar-refractivity contribution in [3.8, 4) is 0 Å². The molecule has 128 valence electrons. The summed E-state index contributed by atoms with van der Waals surface area (Å²) < 4.78 is 0. The molecule has 0 radical (unpaired) electrons. The van der Waals surface area contributed by atoms with E-state index in [0.717, 1.165) is 12.5 Å². The molecule has 1 saturated heterocycles. The highest BCUT2D eigenvalue weighted by atomic mass is 32.2. The number of anilines is 2. The molecule has 0 N–H and O–H groups in total. The van der Waals surface area contributed by atoms with Crippen LogP contribution in [0.5, 0.6) is 0 Å². The Bertz CT molecular complexity index is 625. The number of rotatable bonds is 2. The first-order valence-electron chi connectivity index (χ1n) is 9.13. The Morgan fingerprint density at radius 3 is 2.12 bits per heavy atom. The zero-order valence-electron chi connectivity index (χ0n) is 15.0. The maximum absolute atomic E-state index is 2.55. The molecule has 1 fully saturated rings. The lowest BCUT2D eigenvalue weighted by molar-refractivity contribution is 0.214. The van der Waals surface area contributed by atoms with Crippen LogP contribution >= 0.6 is 11.8 Å². The van der Waals surface area contributed by atoms with Crippen molar-refractivity contribution in [1.82, 2.24) is 4.90 Å². The number of benzene rings is 2. The Labute approximate surface area is 150 Å². The predicted molar refractivity (Wildman–Crippen MR) is 106 cm³/mol. The van der Waals surface area contributed by atoms with E-state index in [1.54, 1.807) is 0 Å². The third-order valence-corrected chi connectivity index (χ3v) is 5.83. The van der Waals surface area contributed by atoms with Crippen LogP contribution in [0.3, 0.4) is 0 Å². The van der Waals surface area contributed by atoms with E-state index >= 15 is 0 Å². The molecule has 0 aliphatic carbocycles. The van der Waals surface area contributed by atoms with Crippen LogP contribution in [0.1, 0.15) is 26.7 Å². The smallest absolute Gasteiger partial charge is 0.0552 e. The van der Waals surface area contributed by atoms with Gasteiger partial charge in [-0.2, -0.15) is 0 Å². The van der Waals surface area contributed by atoms with Gasteiger partial charge in [0.05, 0.1) is 11.4 Å². The number of hydrogen-bond acceptors (Lipinski definition) is 3. The number of likely N-dealkylation sites (tertiary alicyclic amines) is 1. The van der Waals surface area contributed by atoms with Crippen LogP contribution in [0.15, 0.2) is 58.3 Å². The molecule has 0 bridgehead atoms.